The Morgan fingerprint density at radius 2 is 1.87 bits per heavy atom. The van der Waals surface area contributed by atoms with Gasteiger partial charge in [-0.3, -0.25) is 19.6 Å². The molecule has 2 aliphatic rings. The average molecular weight is 420 g/mol. The minimum Gasteiger partial charge on any atom is -0.494 e. The lowest BCUT2D eigenvalue weighted by Gasteiger charge is -2.28. The molecule has 2 bridgehead atoms. The summed E-state index contributed by atoms with van der Waals surface area (Å²) >= 11 is 0. The van der Waals surface area contributed by atoms with Gasteiger partial charge in [-0.15, -0.1) is 0 Å². The third-order valence-corrected chi connectivity index (χ3v) is 5.43. The van der Waals surface area contributed by atoms with Crippen molar-refractivity contribution in [1.29, 1.82) is 0 Å². The smallest absolute Gasteiger partial charge is 0.247 e. The molecule has 3 atom stereocenters. The van der Waals surface area contributed by atoms with E-state index >= 15 is 0 Å². The number of hydroxylamine groups is 1. The van der Waals surface area contributed by atoms with Crippen molar-refractivity contribution in [3.8, 4) is 5.75 Å². The summed E-state index contributed by atoms with van der Waals surface area (Å²) in [6.07, 6.45) is 3.31. The average Bonchev–Trinajstić information content (AvgIpc) is 2.75. The van der Waals surface area contributed by atoms with Crippen LogP contribution in [0, 0.1) is 17.8 Å². The van der Waals surface area contributed by atoms with Crippen molar-refractivity contribution in [2.24, 2.45) is 17.8 Å². The molecule has 0 spiro atoms. The third kappa shape index (κ3) is 6.45. The summed E-state index contributed by atoms with van der Waals surface area (Å²) in [5, 5.41) is 14.7. The van der Waals surface area contributed by atoms with Gasteiger partial charge in [0.2, 0.25) is 17.7 Å². The highest BCUT2D eigenvalue weighted by molar-refractivity contribution is 5.92. The fraction of sp³-hybridized carbons (Fsp3) is 0.591. The molecular weight excluding hydrogens is 386 g/mol. The van der Waals surface area contributed by atoms with Crippen molar-refractivity contribution in [3.63, 3.8) is 0 Å². The number of nitrogens with one attached hydrogen (secondary N) is 3. The van der Waals surface area contributed by atoms with Gasteiger partial charge in [-0.25, -0.2) is 5.48 Å². The number of fused-ring (bicyclic) bond motifs is 12. The van der Waals surface area contributed by atoms with E-state index in [0.29, 0.717) is 30.8 Å². The molecule has 0 unspecified atom stereocenters. The minimum absolute atomic E-state index is 0.156. The standard InChI is InChI=1S/C22H33N3O5/c1-14(2)13-18-17(21(27)25-29)7-5-4-6-12-30-16-10-8-15(9-11-16)19(22(28)23-3)24-20(18)26/h8-11,14,17-19,29H,4-7,12-13H2,1-3H3,(H,23,28)(H,24,26)(H,25,27)/t17-,18+,19-/m0/s1. The molecule has 0 saturated carbocycles. The molecule has 0 aliphatic carbocycles. The van der Waals surface area contributed by atoms with Crippen molar-refractivity contribution in [2.45, 2.75) is 52.0 Å². The number of likely N-dealkylation sites (N-methyl/N-ethyl adjacent to an activating group) is 1. The van der Waals surface area contributed by atoms with Gasteiger partial charge in [0.05, 0.1) is 12.5 Å². The van der Waals surface area contributed by atoms with Crippen molar-refractivity contribution >= 4 is 17.7 Å². The molecule has 2 aliphatic heterocycles. The summed E-state index contributed by atoms with van der Waals surface area (Å²) in [5.41, 5.74) is 2.34. The highest BCUT2D eigenvalue weighted by Crippen LogP contribution is 2.28. The number of hydrogen-bond acceptors (Lipinski definition) is 5. The highest BCUT2D eigenvalue weighted by Gasteiger charge is 2.36. The van der Waals surface area contributed by atoms with E-state index in [1.807, 2.05) is 13.8 Å². The maximum Gasteiger partial charge on any atom is 0.247 e. The summed E-state index contributed by atoms with van der Waals surface area (Å²) in [6, 6.07) is 6.18. The Labute approximate surface area is 177 Å². The molecule has 0 saturated heterocycles. The topological polar surface area (TPSA) is 117 Å². The summed E-state index contributed by atoms with van der Waals surface area (Å²) in [7, 11) is 1.51. The van der Waals surface area contributed by atoms with Gasteiger partial charge >= 0.3 is 0 Å². The zero-order valence-electron chi connectivity index (χ0n) is 17.9. The summed E-state index contributed by atoms with van der Waals surface area (Å²) < 4.78 is 5.74. The van der Waals surface area contributed by atoms with Crippen LogP contribution in [0.1, 0.15) is 57.6 Å². The Bertz CT molecular complexity index is 720. The van der Waals surface area contributed by atoms with Crippen LogP contribution in [-0.4, -0.2) is 36.6 Å². The quantitative estimate of drug-likeness (QED) is 0.441. The minimum atomic E-state index is -0.894. The Balaban J connectivity index is 2.41. The van der Waals surface area contributed by atoms with E-state index < -0.39 is 23.8 Å². The van der Waals surface area contributed by atoms with Crippen LogP contribution in [0.4, 0.5) is 0 Å². The highest BCUT2D eigenvalue weighted by atomic mass is 16.5. The lowest BCUT2D eigenvalue weighted by molar-refractivity contribution is -0.142. The van der Waals surface area contributed by atoms with E-state index in [9.17, 15) is 19.6 Å². The number of carbonyl (C=O) groups is 3. The van der Waals surface area contributed by atoms with Crippen molar-refractivity contribution in [3.05, 3.63) is 29.8 Å². The van der Waals surface area contributed by atoms with Crippen molar-refractivity contribution in [2.75, 3.05) is 13.7 Å². The van der Waals surface area contributed by atoms with Crippen LogP contribution in [0.15, 0.2) is 24.3 Å². The molecule has 1 aromatic rings. The number of carbonyl (C=O) groups excluding carboxylic acids is 3. The number of ether oxygens (including phenoxy) is 1. The van der Waals surface area contributed by atoms with Gasteiger partial charge in [0.1, 0.15) is 11.8 Å². The molecule has 2 heterocycles. The monoisotopic (exact) mass is 419 g/mol. The molecule has 4 N–H and O–H groups in total. The Morgan fingerprint density at radius 1 is 1.17 bits per heavy atom. The second-order valence-electron chi connectivity index (χ2n) is 8.14. The summed E-state index contributed by atoms with van der Waals surface area (Å²) in [4.78, 5) is 38.2. The molecule has 0 aromatic heterocycles. The normalized spacial score (nSPS) is 23.0. The molecule has 166 valence electrons. The fourth-order valence-electron chi connectivity index (χ4n) is 3.84. The first-order valence-corrected chi connectivity index (χ1v) is 10.6. The predicted octanol–water partition coefficient (Wildman–Crippen LogP) is 2.33. The zero-order chi connectivity index (χ0) is 22.1. The summed E-state index contributed by atoms with van der Waals surface area (Å²) in [5.74, 6) is -1.79. The van der Waals surface area contributed by atoms with E-state index in [1.165, 1.54) is 7.05 Å². The first kappa shape index (κ1) is 23.7. The fourth-order valence-corrected chi connectivity index (χ4v) is 3.84. The van der Waals surface area contributed by atoms with Gasteiger partial charge in [-0.2, -0.15) is 0 Å². The maximum atomic E-state index is 13.3. The van der Waals surface area contributed by atoms with Gasteiger partial charge in [-0.1, -0.05) is 38.8 Å². The van der Waals surface area contributed by atoms with Gasteiger partial charge in [-0.05, 0) is 42.9 Å². The molecule has 3 rings (SSSR count). The van der Waals surface area contributed by atoms with Crippen LogP contribution in [0.25, 0.3) is 0 Å². The third-order valence-electron chi connectivity index (χ3n) is 5.43. The van der Waals surface area contributed by atoms with E-state index in [-0.39, 0.29) is 17.7 Å². The molecule has 8 nitrogen and oxygen atoms in total. The number of hydrogen-bond donors (Lipinski definition) is 4. The van der Waals surface area contributed by atoms with Crippen LogP contribution in [0.2, 0.25) is 0 Å². The van der Waals surface area contributed by atoms with Crippen molar-refractivity contribution < 1.29 is 24.3 Å². The van der Waals surface area contributed by atoms with E-state index in [0.717, 1.165) is 19.3 Å². The van der Waals surface area contributed by atoms with Crippen LogP contribution in [-0.2, 0) is 14.4 Å². The van der Waals surface area contributed by atoms with E-state index in [2.05, 4.69) is 10.6 Å². The lowest BCUT2D eigenvalue weighted by Crippen LogP contribution is -2.46. The van der Waals surface area contributed by atoms with Crippen LogP contribution >= 0.6 is 0 Å². The first-order chi connectivity index (χ1) is 14.4. The summed E-state index contributed by atoms with van der Waals surface area (Å²) in [6.45, 7) is 4.49. The number of benzene rings is 1. The van der Waals surface area contributed by atoms with Crippen LogP contribution < -0.4 is 20.9 Å². The Kier molecular flexibility index (Phi) is 9.11. The van der Waals surface area contributed by atoms with E-state index in [4.69, 9.17) is 4.74 Å². The second kappa shape index (κ2) is 11.5. The first-order valence-electron chi connectivity index (χ1n) is 10.6. The molecule has 8 heteroatoms. The molecule has 3 amide bonds. The maximum absolute atomic E-state index is 13.3. The zero-order valence-corrected chi connectivity index (χ0v) is 17.9. The second-order valence-corrected chi connectivity index (χ2v) is 8.14. The molecule has 0 fully saturated rings. The predicted molar refractivity (Wildman–Crippen MR) is 112 cm³/mol. The van der Waals surface area contributed by atoms with Gasteiger partial charge in [0, 0.05) is 13.0 Å². The molecule has 0 radical (unpaired) electrons. The Morgan fingerprint density at radius 3 is 2.47 bits per heavy atom. The molecule has 30 heavy (non-hydrogen) atoms. The SMILES string of the molecule is CNC(=O)[C@H]1NC(=O)[C@H](CC(C)C)[C@@H](C(=O)NO)CCCCCOc2ccc1cc2. The van der Waals surface area contributed by atoms with E-state index in [1.54, 1.807) is 29.7 Å². The molecule has 1 aromatic carbocycles. The van der Waals surface area contributed by atoms with Crippen LogP contribution in [0.5, 0.6) is 5.75 Å². The lowest BCUT2D eigenvalue weighted by atomic mass is 9.81. The van der Waals surface area contributed by atoms with Crippen LogP contribution in [0.3, 0.4) is 0 Å². The van der Waals surface area contributed by atoms with Gasteiger partial charge in [0.25, 0.3) is 0 Å². The van der Waals surface area contributed by atoms with Crippen molar-refractivity contribution in [1.82, 2.24) is 16.1 Å². The van der Waals surface area contributed by atoms with Gasteiger partial charge in [0.15, 0.2) is 0 Å². The Hall–Kier alpha value is -2.61. The largest absolute Gasteiger partial charge is 0.494 e. The molecular formula is C22H33N3O5. The van der Waals surface area contributed by atoms with Gasteiger partial charge < -0.3 is 15.4 Å². The number of amides is 3. The number of rotatable bonds is 4.